The van der Waals surface area contributed by atoms with E-state index >= 15 is 0 Å². The molecular weight excluding hydrogens is 388 g/mol. The molecule has 0 aliphatic carbocycles. The smallest absolute Gasteiger partial charge is 0.311 e. The molecule has 0 spiro atoms. The predicted octanol–water partition coefficient (Wildman–Crippen LogP) is 4.07. The van der Waals surface area contributed by atoms with E-state index in [-0.39, 0.29) is 36.4 Å². The summed E-state index contributed by atoms with van der Waals surface area (Å²) in [5.41, 5.74) is 2.75. The van der Waals surface area contributed by atoms with Crippen molar-refractivity contribution in [2.75, 3.05) is 18.1 Å². The van der Waals surface area contributed by atoms with E-state index in [1.807, 2.05) is 36.6 Å². The van der Waals surface area contributed by atoms with Gasteiger partial charge in [-0.05, 0) is 13.0 Å². The minimum atomic E-state index is -0.512. The maximum absolute atomic E-state index is 11.3. The van der Waals surface area contributed by atoms with Crippen LogP contribution >= 0.6 is 22.9 Å². The Labute approximate surface area is 165 Å². The predicted molar refractivity (Wildman–Crippen MR) is 106 cm³/mol. The van der Waals surface area contributed by atoms with Gasteiger partial charge in [-0.1, -0.05) is 41.4 Å². The lowest BCUT2D eigenvalue weighted by atomic mass is 10.2. The van der Waals surface area contributed by atoms with Crippen molar-refractivity contribution in [1.29, 1.82) is 0 Å². The minimum absolute atomic E-state index is 0.117. The molecule has 2 heterocycles. The first-order valence-corrected chi connectivity index (χ1v) is 9.42. The molecule has 0 radical (unpaired) electrons. The first-order valence-electron chi connectivity index (χ1n) is 8.16. The molecule has 7 nitrogen and oxygen atoms in total. The summed E-state index contributed by atoms with van der Waals surface area (Å²) in [4.78, 5) is 21.1. The van der Waals surface area contributed by atoms with Gasteiger partial charge in [0.05, 0.1) is 23.8 Å². The molecule has 3 aromatic rings. The van der Waals surface area contributed by atoms with Crippen LogP contribution in [0.1, 0.15) is 11.3 Å². The number of halogens is 1. The summed E-state index contributed by atoms with van der Waals surface area (Å²) < 4.78 is 0. The number of aliphatic hydroxyl groups is 1. The van der Waals surface area contributed by atoms with Gasteiger partial charge in [0.25, 0.3) is 0 Å². The van der Waals surface area contributed by atoms with E-state index in [9.17, 15) is 15.2 Å². The molecule has 140 valence electrons. The van der Waals surface area contributed by atoms with Gasteiger partial charge in [-0.3, -0.25) is 10.1 Å². The molecule has 0 saturated heterocycles. The Kier molecular flexibility index (Phi) is 6.00. The molecule has 0 aliphatic rings. The summed E-state index contributed by atoms with van der Waals surface area (Å²) in [6.07, 6.45) is 0. The third-order valence-corrected chi connectivity index (χ3v) is 5.04. The number of rotatable bonds is 7. The minimum Gasteiger partial charge on any atom is -0.395 e. The van der Waals surface area contributed by atoms with Crippen molar-refractivity contribution in [2.45, 2.75) is 13.5 Å². The number of hydrogen-bond acceptors (Lipinski definition) is 7. The summed E-state index contributed by atoms with van der Waals surface area (Å²) in [6, 6.07) is 10.7. The van der Waals surface area contributed by atoms with Crippen LogP contribution in [0, 0.1) is 17.0 Å². The zero-order chi connectivity index (χ0) is 19.4. The quantitative estimate of drug-likeness (QED) is 0.362. The maximum Gasteiger partial charge on any atom is 0.311 e. The molecule has 0 aliphatic heterocycles. The lowest BCUT2D eigenvalue weighted by molar-refractivity contribution is -0.384. The normalized spacial score (nSPS) is 10.8. The fraction of sp³-hybridized carbons (Fsp3) is 0.222. The van der Waals surface area contributed by atoms with Crippen LogP contribution in [0.3, 0.4) is 0 Å². The summed E-state index contributed by atoms with van der Waals surface area (Å²) in [6.45, 7) is 2.29. The Morgan fingerprint density at radius 2 is 1.96 bits per heavy atom. The average Bonchev–Trinajstić information content (AvgIpc) is 3.10. The molecule has 3 rings (SSSR count). The number of aromatic nitrogens is 2. The lowest BCUT2D eigenvalue weighted by Gasteiger charge is -2.21. The molecule has 0 amide bonds. The van der Waals surface area contributed by atoms with E-state index < -0.39 is 4.92 Å². The zero-order valence-corrected chi connectivity index (χ0v) is 16.1. The molecule has 0 saturated carbocycles. The number of hydrogen-bond donors (Lipinski definition) is 1. The number of pyridine rings is 1. The van der Waals surface area contributed by atoms with Crippen molar-refractivity contribution in [2.24, 2.45) is 0 Å². The van der Waals surface area contributed by atoms with Crippen molar-refractivity contribution in [3.05, 3.63) is 68.3 Å². The number of benzene rings is 1. The maximum atomic E-state index is 11.3. The number of nitro groups is 1. The first-order chi connectivity index (χ1) is 13.0. The van der Waals surface area contributed by atoms with Gasteiger partial charge >= 0.3 is 5.69 Å². The summed E-state index contributed by atoms with van der Waals surface area (Å²) in [5.74, 6) is 0.117. The Morgan fingerprint density at radius 3 is 2.63 bits per heavy atom. The molecule has 1 N–H and O–H groups in total. The van der Waals surface area contributed by atoms with Gasteiger partial charge < -0.3 is 10.0 Å². The van der Waals surface area contributed by atoms with Gasteiger partial charge in [-0.25, -0.2) is 9.97 Å². The van der Waals surface area contributed by atoms with E-state index in [1.165, 1.54) is 29.0 Å². The second kappa shape index (κ2) is 8.43. The second-order valence-electron chi connectivity index (χ2n) is 5.89. The summed E-state index contributed by atoms with van der Waals surface area (Å²) in [7, 11) is 0. The van der Waals surface area contributed by atoms with Crippen LogP contribution in [0.2, 0.25) is 5.15 Å². The number of aliphatic hydroxyl groups excluding tert-OH is 1. The SMILES string of the molecule is Cc1ccc(-c2nc(CN(CCO)c3nc(Cl)ccc3[N+](=O)[O-])cs2)cc1. The monoisotopic (exact) mass is 404 g/mol. The highest BCUT2D eigenvalue weighted by Crippen LogP contribution is 2.30. The van der Waals surface area contributed by atoms with Gasteiger partial charge in [0, 0.05) is 23.6 Å². The fourth-order valence-electron chi connectivity index (χ4n) is 2.58. The molecule has 0 fully saturated rings. The van der Waals surface area contributed by atoms with Crippen LogP contribution in [0.5, 0.6) is 0 Å². The van der Waals surface area contributed by atoms with E-state index in [0.29, 0.717) is 0 Å². The highest BCUT2D eigenvalue weighted by molar-refractivity contribution is 7.13. The number of thiazole rings is 1. The molecule has 0 unspecified atom stereocenters. The van der Waals surface area contributed by atoms with Gasteiger partial charge in [-0.15, -0.1) is 11.3 Å². The van der Waals surface area contributed by atoms with E-state index in [1.54, 1.807) is 4.90 Å². The van der Waals surface area contributed by atoms with Crippen molar-refractivity contribution in [3.63, 3.8) is 0 Å². The van der Waals surface area contributed by atoms with E-state index in [4.69, 9.17) is 11.6 Å². The van der Waals surface area contributed by atoms with Crippen LogP contribution < -0.4 is 4.90 Å². The van der Waals surface area contributed by atoms with Crippen LogP contribution in [0.15, 0.2) is 41.8 Å². The third kappa shape index (κ3) is 4.60. The molecule has 0 atom stereocenters. The lowest BCUT2D eigenvalue weighted by Crippen LogP contribution is -2.28. The van der Waals surface area contributed by atoms with E-state index in [0.717, 1.165) is 16.3 Å². The Morgan fingerprint density at radius 1 is 1.22 bits per heavy atom. The molecule has 0 bridgehead atoms. The molecule has 27 heavy (non-hydrogen) atoms. The van der Waals surface area contributed by atoms with Crippen LogP contribution in [0.4, 0.5) is 11.5 Å². The molecule has 2 aromatic heterocycles. The van der Waals surface area contributed by atoms with Crippen molar-refractivity contribution in [1.82, 2.24) is 9.97 Å². The van der Waals surface area contributed by atoms with Gasteiger partial charge in [-0.2, -0.15) is 0 Å². The second-order valence-corrected chi connectivity index (χ2v) is 7.13. The fourth-order valence-corrected chi connectivity index (χ4v) is 3.54. The Hall–Kier alpha value is -2.55. The zero-order valence-electron chi connectivity index (χ0n) is 14.5. The van der Waals surface area contributed by atoms with Crippen molar-refractivity contribution in [3.8, 4) is 10.6 Å². The van der Waals surface area contributed by atoms with E-state index in [2.05, 4.69) is 9.97 Å². The number of nitrogens with zero attached hydrogens (tertiary/aromatic N) is 4. The van der Waals surface area contributed by atoms with Crippen LogP contribution in [0.25, 0.3) is 10.6 Å². The van der Waals surface area contributed by atoms with Gasteiger partial charge in [0.2, 0.25) is 5.82 Å². The van der Waals surface area contributed by atoms with Gasteiger partial charge in [0.15, 0.2) is 0 Å². The topological polar surface area (TPSA) is 92.4 Å². The average molecular weight is 405 g/mol. The standard InChI is InChI=1S/C18H17ClN4O3S/c1-12-2-4-13(5-3-12)18-20-14(11-27-18)10-22(8-9-24)17-15(23(25)26)6-7-16(19)21-17/h2-7,11,24H,8-10H2,1H3. The largest absolute Gasteiger partial charge is 0.395 e. The van der Waals surface area contributed by atoms with Crippen LogP contribution in [-0.4, -0.2) is 33.1 Å². The summed E-state index contributed by atoms with van der Waals surface area (Å²) in [5, 5.41) is 23.6. The number of aryl methyl sites for hydroxylation is 1. The Balaban J connectivity index is 1.89. The number of anilines is 1. The van der Waals surface area contributed by atoms with Crippen LogP contribution in [-0.2, 0) is 6.54 Å². The van der Waals surface area contributed by atoms with Crippen molar-refractivity contribution >= 4 is 34.4 Å². The van der Waals surface area contributed by atoms with Gasteiger partial charge in [0.1, 0.15) is 10.2 Å². The molecular formula is C18H17ClN4O3S. The van der Waals surface area contributed by atoms with Crippen molar-refractivity contribution < 1.29 is 10.0 Å². The molecule has 9 heteroatoms. The molecule has 1 aromatic carbocycles. The third-order valence-electron chi connectivity index (χ3n) is 3.89. The summed E-state index contributed by atoms with van der Waals surface area (Å²) >= 11 is 7.43. The highest BCUT2D eigenvalue weighted by Gasteiger charge is 2.22. The Bertz CT molecular complexity index is 946. The first kappa shape index (κ1) is 19.2. The highest BCUT2D eigenvalue weighted by atomic mass is 35.5.